The molecule has 0 bridgehead atoms. The van der Waals surface area contributed by atoms with Gasteiger partial charge in [-0.1, -0.05) is 19.3 Å². The van der Waals surface area contributed by atoms with Gasteiger partial charge in [-0.2, -0.15) is 11.8 Å². The summed E-state index contributed by atoms with van der Waals surface area (Å²) in [7, 11) is 0. The van der Waals surface area contributed by atoms with Crippen molar-refractivity contribution < 1.29 is 9.59 Å². The number of carbonyl (C=O) groups excluding carboxylic acids is 2. The number of rotatable bonds is 3. The molecule has 0 aromatic heterocycles. The fourth-order valence-corrected chi connectivity index (χ4v) is 3.56. The third-order valence-corrected chi connectivity index (χ3v) is 4.95. The van der Waals surface area contributed by atoms with E-state index >= 15 is 0 Å². The van der Waals surface area contributed by atoms with Crippen molar-refractivity contribution in [3.05, 3.63) is 0 Å². The largest absolute Gasteiger partial charge is 0.324 e. The Morgan fingerprint density at radius 2 is 2.00 bits per heavy atom. The Bertz CT molecular complexity index is 300. The van der Waals surface area contributed by atoms with Crippen molar-refractivity contribution in [1.82, 2.24) is 10.2 Å². The third-order valence-electron chi connectivity index (χ3n) is 3.54. The molecule has 0 aromatic carbocycles. The third kappa shape index (κ3) is 2.34. The van der Waals surface area contributed by atoms with E-state index in [2.05, 4.69) is 11.6 Å². The SMILES string of the molecule is CSC1(CN2CC(=O)NC2=O)CCCCC1. The van der Waals surface area contributed by atoms with E-state index in [1.807, 2.05) is 11.8 Å². The van der Waals surface area contributed by atoms with Crippen molar-refractivity contribution in [2.75, 3.05) is 19.3 Å². The van der Waals surface area contributed by atoms with Gasteiger partial charge in [-0.3, -0.25) is 10.1 Å². The number of nitrogens with zero attached hydrogens (tertiary/aromatic N) is 1. The molecular formula is C11H18N2O2S. The lowest BCUT2D eigenvalue weighted by molar-refractivity contribution is -0.118. The molecule has 5 heteroatoms. The zero-order valence-corrected chi connectivity index (χ0v) is 10.4. The molecule has 0 unspecified atom stereocenters. The first-order valence-corrected chi connectivity index (χ1v) is 7.02. The fraction of sp³-hybridized carbons (Fsp3) is 0.818. The average Bonchev–Trinajstić information content (AvgIpc) is 2.59. The summed E-state index contributed by atoms with van der Waals surface area (Å²) in [5, 5.41) is 2.34. The Hall–Kier alpha value is -0.710. The number of nitrogens with one attached hydrogen (secondary N) is 1. The van der Waals surface area contributed by atoms with Gasteiger partial charge >= 0.3 is 6.03 Å². The van der Waals surface area contributed by atoms with Crippen LogP contribution in [0.5, 0.6) is 0 Å². The van der Waals surface area contributed by atoms with Gasteiger partial charge in [0, 0.05) is 11.3 Å². The van der Waals surface area contributed by atoms with Crippen molar-refractivity contribution in [2.24, 2.45) is 0 Å². The molecule has 90 valence electrons. The minimum absolute atomic E-state index is 0.169. The van der Waals surface area contributed by atoms with Gasteiger partial charge < -0.3 is 4.90 Å². The standard InChI is InChI=1S/C11H18N2O2S/c1-16-11(5-3-2-4-6-11)8-13-7-9(14)12-10(13)15/h2-8H2,1H3,(H,12,14,15). The lowest BCUT2D eigenvalue weighted by Gasteiger charge is -2.38. The summed E-state index contributed by atoms with van der Waals surface area (Å²) >= 11 is 1.85. The van der Waals surface area contributed by atoms with Crippen molar-refractivity contribution in [2.45, 2.75) is 36.9 Å². The monoisotopic (exact) mass is 242 g/mol. The molecule has 0 atom stereocenters. The Morgan fingerprint density at radius 1 is 1.31 bits per heavy atom. The van der Waals surface area contributed by atoms with Gasteiger partial charge in [-0.15, -0.1) is 0 Å². The summed E-state index contributed by atoms with van der Waals surface area (Å²) < 4.78 is 0.181. The molecule has 1 N–H and O–H groups in total. The maximum Gasteiger partial charge on any atom is 0.324 e. The van der Waals surface area contributed by atoms with E-state index in [1.165, 1.54) is 19.3 Å². The highest BCUT2D eigenvalue weighted by atomic mass is 32.2. The van der Waals surface area contributed by atoms with E-state index in [0.29, 0.717) is 6.54 Å². The highest BCUT2D eigenvalue weighted by molar-refractivity contribution is 8.00. The molecule has 1 aliphatic carbocycles. The lowest BCUT2D eigenvalue weighted by Crippen LogP contribution is -2.43. The predicted octanol–water partition coefficient (Wildman–Crippen LogP) is 1.60. The number of imide groups is 1. The fourth-order valence-electron chi connectivity index (χ4n) is 2.58. The number of carbonyl (C=O) groups is 2. The Morgan fingerprint density at radius 3 is 2.50 bits per heavy atom. The van der Waals surface area contributed by atoms with Crippen molar-refractivity contribution in [1.29, 1.82) is 0 Å². The molecule has 1 heterocycles. The van der Waals surface area contributed by atoms with Crippen LogP contribution in [0.3, 0.4) is 0 Å². The number of thioether (sulfide) groups is 1. The summed E-state index contributed by atoms with van der Waals surface area (Å²) in [4.78, 5) is 24.3. The van der Waals surface area contributed by atoms with E-state index in [4.69, 9.17) is 0 Å². The maximum absolute atomic E-state index is 11.5. The van der Waals surface area contributed by atoms with Crippen LogP contribution in [0.25, 0.3) is 0 Å². The number of hydrogen-bond acceptors (Lipinski definition) is 3. The average molecular weight is 242 g/mol. The van der Waals surface area contributed by atoms with Crippen LogP contribution in [0.2, 0.25) is 0 Å². The van der Waals surface area contributed by atoms with Crippen LogP contribution in [0, 0.1) is 0 Å². The molecule has 0 aromatic rings. The van der Waals surface area contributed by atoms with Gasteiger partial charge in [0.2, 0.25) is 5.91 Å². The van der Waals surface area contributed by atoms with Crippen LogP contribution < -0.4 is 5.32 Å². The van der Waals surface area contributed by atoms with Crippen LogP contribution in [-0.4, -0.2) is 40.9 Å². The summed E-state index contributed by atoms with van der Waals surface area (Å²) in [6.07, 6.45) is 8.21. The van der Waals surface area contributed by atoms with Gasteiger partial charge in [-0.05, 0) is 19.1 Å². The van der Waals surface area contributed by atoms with Gasteiger partial charge in [0.15, 0.2) is 0 Å². The molecule has 1 saturated heterocycles. The predicted molar refractivity (Wildman–Crippen MR) is 64.4 cm³/mol. The molecular weight excluding hydrogens is 224 g/mol. The molecule has 2 fully saturated rings. The minimum Gasteiger partial charge on any atom is -0.314 e. The Balaban J connectivity index is 2.00. The highest BCUT2D eigenvalue weighted by Crippen LogP contribution is 2.39. The number of hydrogen-bond donors (Lipinski definition) is 1. The smallest absolute Gasteiger partial charge is 0.314 e. The van der Waals surface area contributed by atoms with Crippen molar-refractivity contribution >= 4 is 23.7 Å². The van der Waals surface area contributed by atoms with Crippen molar-refractivity contribution in [3.63, 3.8) is 0 Å². The molecule has 16 heavy (non-hydrogen) atoms. The van der Waals surface area contributed by atoms with Crippen LogP contribution >= 0.6 is 11.8 Å². The molecule has 4 nitrogen and oxygen atoms in total. The van der Waals surface area contributed by atoms with Crippen LogP contribution in [0.1, 0.15) is 32.1 Å². The summed E-state index contributed by atoms with van der Waals surface area (Å²) in [5.41, 5.74) is 0. The summed E-state index contributed by atoms with van der Waals surface area (Å²) in [6, 6.07) is -0.219. The molecule has 3 amide bonds. The molecule has 2 rings (SSSR count). The summed E-state index contributed by atoms with van der Waals surface area (Å²) in [6.45, 7) is 0.951. The minimum atomic E-state index is -0.219. The highest BCUT2D eigenvalue weighted by Gasteiger charge is 2.37. The topological polar surface area (TPSA) is 49.4 Å². The Kier molecular flexibility index (Phi) is 3.42. The first kappa shape index (κ1) is 11.8. The van der Waals surface area contributed by atoms with Crippen LogP contribution in [0.4, 0.5) is 4.79 Å². The molecule has 1 aliphatic heterocycles. The second kappa shape index (κ2) is 4.65. The van der Waals surface area contributed by atoms with E-state index < -0.39 is 0 Å². The van der Waals surface area contributed by atoms with E-state index in [9.17, 15) is 9.59 Å². The maximum atomic E-state index is 11.5. The van der Waals surface area contributed by atoms with E-state index in [-0.39, 0.29) is 23.2 Å². The van der Waals surface area contributed by atoms with Gasteiger partial charge in [0.05, 0.1) is 0 Å². The molecule has 0 radical (unpaired) electrons. The van der Waals surface area contributed by atoms with Gasteiger partial charge in [-0.25, -0.2) is 4.79 Å². The molecule has 1 saturated carbocycles. The second-order valence-corrected chi connectivity index (χ2v) is 5.93. The molecule has 2 aliphatic rings. The van der Waals surface area contributed by atoms with E-state index in [1.54, 1.807) is 4.90 Å². The Labute approximate surface area is 100 Å². The van der Waals surface area contributed by atoms with Crippen molar-refractivity contribution in [3.8, 4) is 0 Å². The zero-order chi connectivity index (χ0) is 11.6. The molecule has 0 spiro atoms. The normalized spacial score (nSPS) is 24.7. The van der Waals surface area contributed by atoms with Gasteiger partial charge in [0.25, 0.3) is 0 Å². The zero-order valence-electron chi connectivity index (χ0n) is 9.62. The first-order chi connectivity index (χ1) is 7.65. The number of amides is 3. The lowest BCUT2D eigenvalue weighted by atomic mass is 9.88. The van der Waals surface area contributed by atoms with Crippen LogP contribution in [-0.2, 0) is 4.79 Å². The number of urea groups is 1. The van der Waals surface area contributed by atoms with E-state index in [0.717, 1.165) is 12.8 Å². The first-order valence-electron chi connectivity index (χ1n) is 5.79. The quantitative estimate of drug-likeness (QED) is 0.765. The van der Waals surface area contributed by atoms with Gasteiger partial charge in [0.1, 0.15) is 6.54 Å². The second-order valence-electron chi connectivity index (χ2n) is 4.66. The van der Waals surface area contributed by atoms with Crippen LogP contribution in [0.15, 0.2) is 0 Å². The summed E-state index contributed by atoms with van der Waals surface area (Å²) in [5.74, 6) is -0.169.